The van der Waals surface area contributed by atoms with Crippen LogP contribution in [0.3, 0.4) is 0 Å². The monoisotopic (exact) mass is 390 g/mol. The molecule has 0 bridgehead atoms. The third-order valence-electron chi connectivity index (χ3n) is 4.31. The van der Waals surface area contributed by atoms with Crippen molar-refractivity contribution in [2.45, 2.75) is 13.0 Å². The van der Waals surface area contributed by atoms with E-state index in [1.165, 1.54) is 12.3 Å². The van der Waals surface area contributed by atoms with Gasteiger partial charge in [0.15, 0.2) is 5.76 Å². The molecule has 0 aliphatic carbocycles. The van der Waals surface area contributed by atoms with Gasteiger partial charge in [-0.3, -0.25) is 4.79 Å². The first-order chi connectivity index (χ1) is 14.2. The number of hydrogen-bond acceptors (Lipinski definition) is 6. The van der Waals surface area contributed by atoms with Gasteiger partial charge in [0.1, 0.15) is 17.3 Å². The van der Waals surface area contributed by atoms with Crippen LogP contribution in [0, 0.1) is 0 Å². The van der Waals surface area contributed by atoms with Gasteiger partial charge < -0.3 is 18.6 Å². The molecule has 3 aromatic rings. The lowest BCUT2D eigenvalue weighted by Crippen LogP contribution is -2.21. The van der Waals surface area contributed by atoms with Crippen LogP contribution in [-0.4, -0.2) is 18.4 Å². The highest BCUT2D eigenvalue weighted by molar-refractivity contribution is 6.14. The molecule has 2 aromatic carbocycles. The summed E-state index contributed by atoms with van der Waals surface area (Å²) < 4.78 is 22.0. The summed E-state index contributed by atoms with van der Waals surface area (Å²) in [5.41, 5.74) is 1.09. The first-order valence-electron chi connectivity index (χ1n) is 9.15. The lowest BCUT2D eigenvalue weighted by molar-refractivity contribution is -0.151. The van der Waals surface area contributed by atoms with E-state index >= 15 is 0 Å². The largest absolute Gasteiger partial charge is 0.474 e. The van der Waals surface area contributed by atoms with Crippen molar-refractivity contribution in [2.75, 3.05) is 6.61 Å². The van der Waals surface area contributed by atoms with Gasteiger partial charge in [0.2, 0.25) is 11.9 Å². The maximum absolute atomic E-state index is 12.5. The van der Waals surface area contributed by atoms with Crippen molar-refractivity contribution in [1.82, 2.24) is 0 Å². The maximum Gasteiger partial charge on any atom is 0.352 e. The van der Waals surface area contributed by atoms with Gasteiger partial charge in [-0.1, -0.05) is 30.3 Å². The molecule has 0 radical (unpaired) electrons. The molecule has 0 N–H and O–H groups in total. The summed E-state index contributed by atoms with van der Waals surface area (Å²) >= 11 is 0. The molecule has 1 unspecified atom stereocenters. The lowest BCUT2D eigenvalue weighted by Gasteiger charge is -2.18. The van der Waals surface area contributed by atoms with Gasteiger partial charge in [-0.2, -0.15) is 0 Å². The molecular weight excluding hydrogens is 372 g/mol. The smallest absolute Gasteiger partial charge is 0.352 e. The van der Waals surface area contributed by atoms with E-state index < -0.39 is 12.1 Å². The Morgan fingerprint density at radius 2 is 1.93 bits per heavy atom. The number of ketones is 1. The Morgan fingerprint density at radius 3 is 2.66 bits per heavy atom. The Bertz CT molecular complexity index is 1050. The Labute approximate surface area is 167 Å². The molecule has 4 rings (SSSR count). The summed E-state index contributed by atoms with van der Waals surface area (Å²) in [6.45, 7) is 1.98. The van der Waals surface area contributed by atoms with E-state index in [1.807, 2.05) is 18.2 Å². The summed E-state index contributed by atoms with van der Waals surface area (Å²) in [4.78, 5) is 24.9. The number of benzene rings is 2. The molecule has 1 aliphatic heterocycles. The standard InChI is InChI=1S/C23H18O6/c1-2-26-23(25)22(15-7-4-3-5-8-15)28-17-10-11-18-19(14-17)29-20(21(18)24)13-16-9-6-12-27-16/h3-14,22H,2H2,1H3. The third kappa shape index (κ3) is 3.91. The van der Waals surface area contributed by atoms with Gasteiger partial charge in [0.05, 0.1) is 18.4 Å². The fourth-order valence-electron chi connectivity index (χ4n) is 2.98. The number of allylic oxidation sites excluding steroid dienone is 1. The van der Waals surface area contributed by atoms with Crippen molar-refractivity contribution < 1.29 is 28.2 Å². The number of ether oxygens (including phenoxy) is 3. The molecule has 1 atom stereocenters. The number of fused-ring (bicyclic) bond motifs is 1. The first-order valence-corrected chi connectivity index (χ1v) is 9.15. The fraction of sp³-hybridized carbons (Fsp3) is 0.130. The molecule has 1 aliphatic rings. The molecule has 6 nitrogen and oxygen atoms in total. The van der Waals surface area contributed by atoms with E-state index in [1.54, 1.807) is 49.4 Å². The molecule has 0 saturated carbocycles. The van der Waals surface area contributed by atoms with E-state index in [-0.39, 0.29) is 18.1 Å². The van der Waals surface area contributed by atoms with Gasteiger partial charge in [0.25, 0.3) is 0 Å². The predicted octanol–water partition coefficient (Wildman–Crippen LogP) is 4.58. The van der Waals surface area contributed by atoms with Crippen LogP contribution in [0.2, 0.25) is 0 Å². The van der Waals surface area contributed by atoms with Crippen LogP contribution in [0.4, 0.5) is 0 Å². The SMILES string of the molecule is CCOC(=O)C(Oc1ccc2c(c1)OC(=Cc1ccco1)C2=O)c1ccccc1. The number of furan rings is 1. The normalized spacial score (nSPS) is 14.9. The van der Waals surface area contributed by atoms with E-state index in [9.17, 15) is 9.59 Å². The summed E-state index contributed by atoms with van der Waals surface area (Å²) in [6.07, 6.45) is 2.13. The average Bonchev–Trinajstić information content (AvgIpc) is 3.35. The third-order valence-corrected chi connectivity index (χ3v) is 4.31. The van der Waals surface area contributed by atoms with Gasteiger partial charge >= 0.3 is 5.97 Å². The Balaban J connectivity index is 1.59. The number of esters is 1. The second-order valence-corrected chi connectivity index (χ2v) is 6.27. The Hall–Kier alpha value is -3.80. The lowest BCUT2D eigenvalue weighted by atomic mass is 10.1. The zero-order chi connectivity index (χ0) is 20.2. The van der Waals surface area contributed by atoms with Crippen molar-refractivity contribution in [2.24, 2.45) is 0 Å². The first kappa shape index (κ1) is 18.6. The summed E-state index contributed by atoms with van der Waals surface area (Å²) in [5, 5.41) is 0. The van der Waals surface area contributed by atoms with Crippen molar-refractivity contribution in [3.63, 3.8) is 0 Å². The van der Waals surface area contributed by atoms with Crippen LogP contribution in [0.25, 0.3) is 6.08 Å². The molecular formula is C23H18O6. The van der Waals surface area contributed by atoms with Gasteiger partial charge in [-0.25, -0.2) is 4.79 Å². The van der Waals surface area contributed by atoms with Crippen LogP contribution in [0.5, 0.6) is 11.5 Å². The van der Waals surface area contributed by atoms with Crippen molar-refractivity contribution in [3.8, 4) is 11.5 Å². The molecule has 0 saturated heterocycles. The number of Topliss-reactive ketones (excluding diaryl/α,β-unsaturated/α-hetero) is 1. The van der Waals surface area contributed by atoms with Crippen molar-refractivity contribution >= 4 is 17.8 Å². The molecule has 2 heterocycles. The Kier molecular flexibility index (Phi) is 5.16. The van der Waals surface area contributed by atoms with Gasteiger partial charge in [0, 0.05) is 17.7 Å². The highest BCUT2D eigenvalue weighted by atomic mass is 16.6. The predicted molar refractivity (Wildman–Crippen MR) is 105 cm³/mol. The number of carbonyl (C=O) groups excluding carboxylic acids is 2. The van der Waals surface area contributed by atoms with Gasteiger partial charge in [-0.05, 0) is 31.2 Å². The molecule has 29 heavy (non-hydrogen) atoms. The molecule has 6 heteroatoms. The number of carbonyl (C=O) groups is 2. The highest BCUT2D eigenvalue weighted by Gasteiger charge is 2.29. The number of rotatable bonds is 6. The van der Waals surface area contributed by atoms with Crippen molar-refractivity contribution in [1.29, 1.82) is 0 Å². The minimum Gasteiger partial charge on any atom is -0.474 e. The quantitative estimate of drug-likeness (QED) is 0.453. The highest BCUT2D eigenvalue weighted by Crippen LogP contribution is 2.36. The van der Waals surface area contributed by atoms with E-state index in [2.05, 4.69) is 0 Å². The molecule has 146 valence electrons. The van der Waals surface area contributed by atoms with Crippen LogP contribution >= 0.6 is 0 Å². The van der Waals surface area contributed by atoms with Crippen LogP contribution in [0.1, 0.15) is 34.7 Å². The zero-order valence-corrected chi connectivity index (χ0v) is 15.7. The Morgan fingerprint density at radius 1 is 1.10 bits per heavy atom. The molecule has 0 amide bonds. The summed E-state index contributed by atoms with van der Waals surface area (Å²) in [7, 11) is 0. The van der Waals surface area contributed by atoms with E-state index in [0.29, 0.717) is 28.4 Å². The number of hydrogen-bond donors (Lipinski definition) is 0. The summed E-state index contributed by atoms with van der Waals surface area (Å²) in [6, 6.07) is 17.4. The van der Waals surface area contributed by atoms with Crippen LogP contribution in [0.15, 0.2) is 77.1 Å². The second kappa shape index (κ2) is 8.06. The summed E-state index contributed by atoms with van der Waals surface area (Å²) in [5.74, 6) is 0.697. The van der Waals surface area contributed by atoms with Crippen molar-refractivity contribution in [3.05, 3.63) is 89.6 Å². The fourth-order valence-corrected chi connectivity index (χ4v) is 2.98. The van der Waals surface area contributed by atoms with Crippen LogP contribution in [-0.2, 0) is 9.53 Å². The van der Waals surface area contributed by atoms with E-state index in [4.69, 9.17) is 18.6 Å². The zero-order valence-electron chi connectivity index (χ0n) is 15.7. The van der Waals surface area contributed by atoms with E-state index in [0.717, 1.165) is 0 Å². The second-order valence-electron chi connectivity index (χ2n) is 6.27. The molecule has 1 aromatic heterocycles. The maximum atomic E-state index is 12.5. The average molecular weight is 390 g/mol. The van der Waals surface area contributed by atoms with Crippen LogP contribution < -0.4 is 9.47 Å². The molecule has 0 fully saturated rings. The minimum absolute atomic E-state index is 0.164. The minimum atomic E-state index is -0.926. The topological polar surface area (TPSA) is 75.0 Å². The van der Waals surface area contributed by atoms with Gasteiger partial charge in [-0.15, -0.1) is 0 Å². The molecule has 0 spiro atoms.